The summed E-state index contributed by atoms with van der Waals surface area (Å²) in [5.74, 6) is 0.281. The van der Waals surface area contributed by atoms with Gasteiger partial charge in [-0.15, -0.1) is 11.8 Å². The summed E-state index contributed by atoms with van der Waals surface area (Å²) in [5.41, 5.74) is 1.69. The molecule has 0 aliphatic rings. The Kier molecular flexibility index (Phi) is 5.35. The van der Waals surface area contributed by atoms with Crippen LogP contribution in [0.15, 0.2) is 68.6 Å². The highest BCUT2D eigenvalue weighted by Crippen LogP contribution is 2.28. The summed E-state index contributed by atoms with van der Waals surface area (Å²) in [6.07, 6.45) is 1.77. The van der Waals surface area contributed by atoms with Crippen LogP contribution in [0, 0.1) is 0 Å². The van der Waals surface area contributed by atoms with E-state index in [1.54, 1.807) is 6.20 Å². The lowest BCUT2D eigenvalue weighted by Gasteiger charge is -2.08. The van der Waals surface area contributed by atoms with Gasteiger partial charge in [-0.25, -0.2) is 0 Å². The minimum atomic E-state index is -0.0500. The van der Waals surface area contributed by atoms with Crippen LogP contribution in [-0.4, -0.2) is 16.6 Å². The Morgan fingerprint density at radius 3 is 2.78 bits per heavy atom. The second-order valence-corrected chi connectivity index (χ2v) is 7.58. The molecule has 0 bridgehead atoms. The molecule has 23 heavy (non-hydrogen) atoms. The number of amides is 1. The van der Waals surface area contributed by atoms with Gasteiger partial charge in [-0.1, -0.05) is 34.1 Å². The molecular weight excluding hydrogens is 440 g/mol. The maximum Gasteiger partial charge on any atom is 0.234 e. The monoisotopic (exact) mass is 450 g/mol. The van der Waals surface area contributed by atoms with Gasteiger partial charge in [0.15, 0.2) is 0 Å². The van der Waals surface area contributed by atoms with E-state index < -0.39 is 0 Å². The molecule has 0 spiro atoms. The minimum Gasteiger partial charge on any atom is -0.324 e. The van der Waals surface area contributed by atoms with Gasteiger partial charge in [0.25, 0.3) is 0 Å². The first-order valence-electron chi connectivity index (χ1n) is 6.85. The van der Waals surface area contributed by atoms with Crippen molar-refractivity contribution in [2.24, 2.45) is 0 Å². The topological polar surface area (TPSA) is 42.0 Å². The first kappa shape index (κ1) is 16.5. The van der Waals surface area contributed by atoms with Crippen LogP contribution < -0.4 is 5.32 Å². The zero-order valence-electron chi connectivity index (χ0n) is 11.9. The van der Waals surface area contributed by atoms with Crippen LogP contribution in [0.1, 0.15) is 0 Å². The maximum absolute atomic E-state index is 12.2. The SMILES string of the molecule is O=C(CSc1cccc2cccnc12)Nc1ccc(Br)cc1Br. The predicted octanol–water partition coefficient (Wildman–Crippen LogP) is 5.49. The van der Waals surface area contributed by atoms with Crippen molar-refractivity contribution in [3.05, 3.63) is 63.7 Å². The number of anilines is 1. The van der Waals surface area contributed by atoms with E-state index in [0.717, 1.165) is 30.4 Å². The van der Waals surface area contributed by atoms with E-state index in [0.29, 0.717) is 5.75 Å². The van der Waals surface area contributed by atoms with Crippen LogP contribution in [0.2, 0.25) is 0 Å². The first-order valence-corrected chi connectivity index (χ1v) is 9.42. The number of carbonyl (C=O) groups is 1. The number of nitrogens with one attached hydrogen (secondary N) is 1. The lowest BCUT2D eigenvalue weighted by molar-refractivity contribution is -0.113. The van der Waals surface area contributed by atoms with Crippen LogP contribution in [0.25, 0.3) is 10.9 Å². The van der Waals surface area contributed by atoms with Crippen LogP contribution >= 0.6 is 43.6 Å². The molecular formula is C17H12Br2N2OS. The second kappa shape index (κ2) is 7.47. The number of benzene rings is 2. The molecule has 0 saturated carbocycles. The van der Waals surface area contributed by atoms with Gasteiger partial charge >= 0.3 is 0 Å². The van der Waals surface area contributed by atoms with E-state index in [2.05, 4.69) is 42.2 Å². The molecule has 0 atom stereocenters. The Hall–Kier alpha value is -1.37. The van der Waals surface area contributed by atoms with Crippen molar-refractivity contribution in [1.82, 2.24) is 4.98 Å². The van der Waals surface area contributed by atoms with Gasteiger partial charge in [0, 0.05) is 25.4 Å². The molecule has 0 unspecified atom stereocenters. The normalized spacial score (nSPS) is 10.7. The van der Waals surface area contributed by atoms with E-state index in [9.17, 15) is 4.79 Å². The Morgan fingerprint density at radius 2 is 1.96 bits per heavy atom. The van der Waals surface area contributed by atoms with Crippen molar-refractivity contribution < 1.29 is 4.79 Å². The molecule has 0 aliphatic heterocycles. The van der Waals surface area contributed by atoms with Gasteiger partial charge in [-0.05, 0) is 46.3 Å². The molecule has 3 rings (SSSR count). The van der Waals surface area contributed by atoms with Crippen LogP contribution in [-0.2, 0) is 4.79 Å². The van der Waals surface area contributed by atoms with Crippen LogP contribution in [0.3, 0.4) is 0 Å². The van der Waals surface area contributed by atoms with Crippen molar-refractivity contribution in [1.29, 1.82) is 0 Å². The Morgan fingerprint density at radius 1 is 1.13 bits per heavy atom. The van der Waals surface area contributed by atoms with Crippen molar-refractivity contribution >= 4 is 66.1 Å². The summed E-state index contributed by atoms with van der Waals surface area (Å²) in [6.45, 7) is 0. The third-order valence-corrected chi connectivity index (χ3v) is 5.36. The summed E-state index contributed by atoms with van der Waals surface area (Å²) in [6, 6.07) is 15.6. The summed E-state index contributed by atoms with van der Waals surface area (Å²) < 4.78 is 1.80. The number of hydrogen-bond donors (Lipinski definition) is 1. The Bertz CT molecular complexity index is 865. The summed E-state index contributed by atoms with van der Waals surface area (Å²) in [4.78, 5) is 17.6. The van der Waals surface area contributed by atoms with Crippen molar-refractivity contribution in [3.8, 4) is 0 Å². The highest BCUT2D eigenvalue weighted by molar-refractivity contribution is 9.11. The molecule has 1 aromatic heterocycles. The number of halogens is 2. The molecule has 0 radical (unpaired) electrons. The first-order chi connectivity index (χ1) is 11.1. The van der Waals surface area contributed by atoms with Crippen molar-refractivity contribution in [2.45, 2.75) is 4.90 Å². The van der Waals surface area contributed by atoms with E-state index >= 15 is 0 Å². The lowest BCUT2D eigenvalue weighted by atomic mass is 10.2. The molecule has 116 valence electrons. The van der Waals surface area contributed by atoms with Gasteiger partial charge < -0.3 is 5.32 Å². The average Bonchev–Trinajstić information content (AvgIpc) is 2.55. The largest absolute Gasteiger partial charge is 0.324 e. The van der Waals surface area contributed by atoms with E-state index in [-0.39, 0.29) is 5.91 Å². The van der Waals surface area contributed by atoms with Gasteiger partial charge in [0.1, 0.15) is 0 Å². The summed E-state index contributed by atoms with van der Waals surface area (Å²) >= 11 is 8.32. The summed E-state index contributed by atoms with van der Waals surface area (Å²) in [5, 5.41) is 3.99. The fourth-order valence-electron chi connectivity index (χ4n) is 2.11. The smallest absolute Gasteiger partial charge is 0.234 e. The molecule has 1 N–H and O–H groups in total. The van der Waals surface area contributed by atoms with E-state index in [4.69, 9.17) is 0 Å². The number of para-hydroxylation sites is 1. The number of thioether (sulfide) groups is 1. The Labute approximate surface area is 155 Å². The number of rotatable bonds is 4. The van der Waals surface area contributed by atoms with Gasteiger partial charge in [-0.3, -0.25) is 9.78 Å². The van der Waals surface area contributed by atoms with E-state index in [1.807, 2.05) is 48.5 Å². The molecule has 6 heteroatoms. The minimum absolute atomic E-state index is 0.0500. The molecule has 0 aliphatic carbocycles. The Balaban J connectivity index is 1.69. The molecule has 1 heterocycles. The van der Waals surface area contributed by atoms with Gasteiger partial charge in [0.2, 0.25) is 5.91 Å². The number of aromatic nitrogens is 1. The zero-order chi connectivity index (χ0) is 16.2. The van der Waals surface area contributed by atoms with Crippen LogP contribution in [0.4, 0.5) is 5.69 Å². The number of nitrogens with zero attached hydrogens (tertiary/aromatic N) is 1. The van der Waals surface area contributed by atoms with Gasteiger partial charge in [0.05, 0.1) is 17.0 Å². The lowest BCUT2D eigenvalue weighted by Crippen LogP contribution is -2.14. The zero-order valence-corrected chi connectivity index (χ0v) is 15.9. The molecule has 1 amide bonds. The molecule has 2 aromatic carbocycles. The third-order valence-electron chi connectivity index (χ3n) is 3.16. The highest BCUT2D eigenvalue weighted by atomic mass is 79.9. The highest BCUT2D eigenvalue weighted by Gasteiger charge is 2.09. The fraction of sp³-hybridized carbons (Fsp3) is 0.0588. The molecule has 3 nitrogen and oxygen atoms in total. The summed E-state index contributed by atoms with van der Waals surface area (Å²) in [7, 11) is 0. The fourth-order valence-corrected chi connectivity index (χ4v) is 4.10. The number of pyridine rings is 1. The van der Waals surface area contributed by atoms with Crippen molar-refractivity contribution in [2.75, 3.05) is 11.1 Å². The quantitative estimate of drug-likeness (QED) is 0.533. The van der Waals surface area contributed by atoms with Crippen LogP contribution in [0.5, 0.6) is 0 Å². The predicted molar refractivity (Wildman–Crippen MR) is 103 cm³/mol. The number of hydrogen-bond acceptors (Lipinski definition) is 3. The van der Waals surface area contributed by atoms with E-state index in [1.165, 1.54) is 11.8 Å². The third kappa shape index (κ3) is 4.13. The molecule has 0 fully saturated rings. The number of fused-ring (bicyclic) bond motifs is 1. The van der Waals surface area contributed by atoms with Crippen molar-refractivity contribution in [3.63, 3.8) is 0 Å². The number of carbonyl (C=O) groups excluding carboxylic acids is 1. The standard InChI is InChI=1S/C17H12Br2N2OS/c18-12-6-7-14(13(19)9-12)21-16(22)10-23-15-5-1-3-11-4-2-8-20-17(11)15/h1-9H,10H2,(H,21,22). The maximum atomic E-state index is 12.2. The molecule has 3 aromatic rings. The molecule has 0 saturated heterocycles. The average molecular weight is 452 g/mol. The van der Waals surface area contributed by atoms with Gasteiger partial charge in [-0.2, -0.15) is 0 Å². The second-order valence-electron chi connectivity index (χ2n) is 4.79.